The van der Waals surface area contributed by atoms with E-state index in [9.17, 15) is 0 Å². The largest absolute Gasteiger partial charge is 0.483 e. The smallest absolute Gasteiger partial charge is 0.264 e. The first-order chi connectivity index (χ1) is 9.57. The molecule has 1 heterocycles. The lowest BCUT2D eigenvalue weighted by atomic mass is 9.77. The van der Waals surface area contributed by atoms with Gasteiger partial charge in [0, 0.05) is 0 Å². The predicted molar refractivity (Wildman–Crippen MR) is 81.5 cm³/mol. The number of aromatic nitrogens is 2. The van der Waals surface area contributed by atoms with Crippen LogP contribution in [0.2, 0.25) is 0 Å². The van der Waals surface area contributed by atoms with E-state index >= 15 is 0 Å². The van der Waals surface area contributed by atoms with Crippen LogP contribution in [-0.4, -0.2) is 10.1 Å². The Labute approximate surface area is 130 Å². The van der Waals surface area contributed by atoms with Gasteiger partial charge in [0.05, 0.1) is 5.54 Å². The first-order valence-electron chi connectivity index (χ1n) is 6.89. The first kappa shape index (κ1) is 15.8. The van der Waals surface area contributed by atoms with E-state index in [0.717, 1.165) is 30.6 Å². The molecular weight excluding hydrogens is 290 g/mol. The molecule has 5 nitrogen and oxygen atoms in total. The molecule has 1 fully saturated rings. The van der Waals surface area contributed by atoms with Crippen LogP contribution < -0.4 is 10.5 Å². The molecule has 3 rings (SSSR count). The standard InChI is InChI=1S/C15H19N3O2.ClH/c1-10-4-5-12(11(2)8-10)19-9-13-17-14(18-20-13)15(16)6-3-7-15;/h4-5,8H,3,6-7,9,16H2,1-2H3;1H. The van der Waals surface area contributed by atoms with E-state index in [1.807, 2.05) is 19.1 Å². The topological polar surface area (TPSA) is 74.2 Å². The molecule has 0 atom stereocenters. The molecular formula is C15H20ClN3O2. The quantitative estimate of drug-likeness (QED) is 0.939. The van der Waals surface area contributed by atoms with Crippen LogP contribution in [0, 0.1) is 13.8 Å². The van der Waals surface area contributed by atoms with Crippen molar-refractivity contribution in [3.8, 4) is 5.75 Å². The molecule has 2 N–H and O–H groups in total. The maximum atomic E-state index is 6.16. The number of halogens is 1. The molecule has 0 radical (unpaired) electrons. The van der Waals surface area contributed by atoms with Crippen molar-refractivity contribution in [2.75, 3.05) is 0 Å². The van der Waals surface area contributed by atoms with Gasteiger partial charge in [-0.1, -0.05) is 22.9 Å². The Bertz CT molecular complexity index is 623. The summed E-state index contributed by atoms with van der Waals surface area (Å²) in [5, 5.41) is 3.97. The van der Waals surface area contributed by atoms with Crippen molar-refractivity contribution < 1.29 is 9.26 Å². The van der Waals surface area contributed by atoms with Gasteiger partial charge in [0.1, 0.15) is 5.75 Å². The van der Waals surface area contributed by atoms with Gasteiger partial charge in [-0.05, 0) is 44.7 Å². The molecule has 1 aliphatic carbocycles. The van der Waals surface area contributed by atoms with Gasteiger partial charge < -0.3 is 15.0 Å². The molecule has 6 heteroatoms. The Hall–Kier alpha value is -1.59. The number of benzene rings is 1. The first-order valence-corrected chi connectivity index (χ1v) is 6.89. The van der Waals surface area contributed by atoms with Crippen LogP contribution in [0.1, 0.15) is 42.1 Å². The summed E-state index contributed by atoms with van der Waals surface area (Å²) in [5.74, 6) is 1.90. The Balaban J connectivity index is 0.00000161. The van der Waals surface area contributed by atoms with E-state index < -0.39 is 0 Å². The van der Waals surface area contributed by atoms with Crippen LogP contribution in [0.3, 0.4) is 0 Å². The predicted octanol–water partition coefficient (Wildman–Crippen LogP) is 3.03. The maximum Gasteiger partial charge on any atom is 0.264 e. The van der Waals surface area contributed by atoms with Gasteiger partial charge in [-0.3, -0.25) is 0 Å². The summed E-state index contributed by atoms with van der Waals surface area (Å²) in [6.07, 6.45) is 2.97. The van der Waals surface area contributed by atoms with Crippen LogP contribution in [-0.2, 0) is 12.1 Å². The van der Waals surface area contributed by atoms with Crippen LogP contribution in [0.25, 0.3) is 0 Å². The number of ether oxygens (including phenoxy) is 1. The minimum absolute atomic E-state index is 0. The van der Waals surface area contributed by atoms with Gasteiger partial charge in [-0.2, -0.15) is 4.98 Å². The fraction of sp³-hybridized carbons (Fsp3) is 0.467. The molecule has 0 amide bonds. The molecule has 0 unspecified atom stereocenters. The number of nitrogens with two attached hydrogens (primary N) is 1. The van der Waals surface area contributed by atoms with Gasteiger partial charge in [0.2, 0.25) is 0 Å². The van der Waals surface area contributed by atoms with Gasteiger partial charge >= 0.3 is 0 Å². The fourth-order valence-corrected chi connectivity index (χ4v) is 2.40. The highest BCUT2D eigenvalue weighted by Crippen LogP contribution is 2.36. The monoisotopic (exact) mass is 309 g/mol. The number of rotatable bonds is 4. The minimum atomic E-state index is -0.387. The lowest BCUT2D eigenvalue weighted by Crippen LogP contribution is -2.44. The van der Waals surface area contributed by atoms with E-state index in [-0.39, 0.29) is 24.6 Å². The highest BCUT2D eigenvalue weighted by Gasteiger charge is 2.38. The summed E-state index contributed by atoms with van der Waals surface area (Å²) in [5.41, 5.74) is 8.08. The second-order valence-corrected chi connectivity index (χ2v) is 5.58. The number of aryl methyl sites for hydroxylation is 2. The van der Waals surface area contributed by atoms with Crippen molar-refractivity contribution in [1.82, 2.24) is 10.1 Å². The Morgan fingerprint density at radius 2 is 2.10 bits per heavy atom. The van der Waals surface area contributed by atoms with Crippen molar-refractivity contribution in [1.29, 1.82) is 0 Å². The fourth-order valence-electron chi connectivity index (χ4n) is 2.40. The summed E-state index contributed by atoms with van der Waals surface area (Å²) < 4.78 is 10.9. The third-order valence-electron chi connectivity index (χ3n) is 3.84. The lowest BCUT2D eigenvalue weighted by molar-refractivity contribution is 0.222. The van der Waals surface area contributed by atoms with Gasteiger partial charge in [-0.25, -0.2) is 0 Å². The number of hydrogen-bond donors (Lipinski definition) is 1. The molecule has 1 aromatic heterocycles. The number of hydrogen-bond acceptors (Lipinski definition) is 5. The third-order valence-corrected chi connectivity index (χ3v) is 3.84. The van der Waals surface area contributed by atoms with Gasteiger partial charge in [-0.15, -0.1) is 12.4 Å². The molecule has 114 valence electrons. The molecule has 1 saturated carbocycles. The zero-order valence-corrected chi connectivity index (χ0v) is 13.1. The van der Waals surface area contributed by atoms with Crippen molar-refractivity contribution in [3.05, 3.63) is 41.0 Å². The average Bonchev–Trinajstić information content (AvgIpc) is 2.84. The molecule has 1 aliphatic rings. The SMILES string of the molecule is Cc1ccc(OCc2nc(C3(N)CCC3)no2)c(C)c1.Cl. The van der Waals surface area contributed by atoms with E-state index in [2.05, 4.69) is 23.1 Å². The van der Waals surface area contributed by atoms with Gasteiger partial charge in [0.15, 0.2) is 12.4 Å². The van der Waals surface area contributed by atoms with Crippen molar-refractivity contribution in [2.24, 2.45) is 5.73 Å². The van der Waals surface area contributed by atoms with E-state index in [4.69, 9.17) is 15.0 Å². The van der Waals surface area contributed by atoms with E-state index in [1.165, 1.54) is 5.56 Å². The summed E-state index contributed by atoms with van der Waals surface area (Å²) in [6.45, 7) is 4.35. The molecule has 2 aromatic rings. The highest BCUT2D eigenvalue weighted by atomic mass is 35.5. The second kappa shape index (κ2) is 6.03. The average molecular weight is 310 g/mol. The Morgan fingerprint density at radius 1 is 1.33 bits per heavy atom. The van der Waals surface area contributed by atoms with Crippen molar-refractivity contribution in [3.63, 3.8) is 0 Å². The summed E-state index contributed by atoms with van der Waals surface area (Å²) in [7, 11) is 0. The van der Waals surface area contributed by atoms with Crippen molar-refractivity contribution in [2.45, 2.75) is 45.3 Å². The molecule has 0 saturated heterocycles. The number of nitrogens with zero attached hydrogens (tertiary/aromatic N) is 2. The second-order valence-electron chi connectivity index (χ2n) is 5.58. The van der Waals surface area contributed by atoms with Gasteiger partial charge in [0.25, 0.3) is 5.89 Å². The molecule has 21 heavy (non-hydrogen) atoms. The van der Waals surface area contributed by atoms with E-state index in [0.29, 0.717) is 11.7 Å². The maximum absolute atomic E-state index is 6.16. The zero-order valence-electron chi connectivity index (χ0n) is 12.3. The normalized spacial score (nSPS) is 16.0. The molecule has 1 aromatic carbocycles. The molecule has 0 spiro atoms. The van der Waals surface area contributed by atoms with Crippen LogP contribution >= 0.6 is 12.4 Å². The molecule has 0 aliphatic heterocycles. The third kappa shape index (κ3) is 3.19. The zero-order chi connectivity index (χ0) is 14.2. The van der Waals surface area contributed by atoms with Crippen LogP contribution in [0.4, 0.5) is 0 Å². The summed E-state index contributed by atoms with van der Waals surface area (Å²) in [6, 6.07) is 6.06. The Morgan fingerprint density at radius 3 is 2.71 bits per heavy atom. The Kier molecular flexibility index (Phi) is 4.54. The van der Waals surface area contributed by atoms with E-state index in [1.54, 1.807) is 0 Å². The van der Waals surface area contributed by atoms with Crippen molar-refractivity contribution >= 4 is 12.4 Å². The minimum Gasteiger partial charge on any atom is -0.483 e. The van der Waals surface area contributed by atoms with Crippen LogP contribution in [0.15, 0.2) is 22.7 Å². The van der Waals surface area contributed by atoms with Crippen LogP contribution in [0.5, 0.6) is 5.75 Å². The summed E-state index contributed by atoms with van der Waals surface area (Å²) >= 11 is 0. The lowest BCUT2D eigenvalue weighted by Gasteiger charge is -2.34. The molecule has 0 bridgehead atoms. The summed E-state index contributed by atoms with van der Waals surface area (Å²) in [4.78, 5) is 4.34. The highest BCUT2D eigenvalue weighted by molar-refractivity contribution is 5.85.